The lowest BCUT2D eigenvalue weighted by atomic mass is 9.66. The van der Waals surface area contributed by atoms with Crippen molar-refractivity contribution in [3.05, 3.63) is 36.0 Å². The molecule has 2 N–H and O–H groups in total. The van der Waals surface area contributed by atoms with Crippen molar-refractivity contribution in [1.82, 2.24) is 20.6 Å². The average molecular weight is 511 g/mol. The van der Waals surface area contributed by atoms with Crippen LogP contribution in [0.3, 0.4) is 0 Å². The molecular weight excluding hydrogens is 483 g/mol. The second-order valence-electron chi connectivity index (χ2n) is 9.92. The summed E-state index contributed by atoms with van der Waals surface area (Å²) in [7, 11) is 0. The standard InChI is InChI=1S/C25H27FN6O5/c1-13-12-32-19-15(10-25(21(32)14(2)37-13)22(33)29-24(35)30-23(25)34)9-16(17-11-27-3-4-28-17)20(18(19)26)31-5-7-36-8-6-31/h3-4,9,11,13-14,21H,5-8,10,12H2,1-2H3,(H2,29,30,33,34,35). The number of hydrogen-bond donors (Lipinski definition) is 2. The van der Waals surface area contributed by atoms with Gasteiger partial charge in [0.2, 0.25) is 11.8 Å². The molecule has 6 rings (SSSR count). The fraction of sp³-hybridized carbons (Fsp3) is 0.480. The Labute approximate surface area is 212 Å². The zero-order valence-corrected chi connectivity index (χ0v) is 20.5. The van der Waals surface area contributed by atoms with Gasteiger partial charge in [-0.1, -0.05) is 0 Å². The molecule has 3 fully saturated rings. The van der Waals surface area contributed by atoms with Gasteiger partial charge in [-0.05, 0) is 25.5 Å². The summed E-state index contributed by atoms with van der Waals surface area (Å²) in [6.07, 6.45) is 3.65. The summed E-state index contributed by atoms with van der Waals surface area (Å²) in [5.41, 5.74) is 0.501. The van der Waals surface area contributed by atoms with Gasteiger partial charge in [0, 0.05) is 44.0 Å². The van der Waals surface area contributed by atoms with Gasteiger partial charge in [0.15, 0.2) is 11.2 Å². The highest BCUT2D eigenvalue weighted by atomic mass is 19.1. The molecule has 0 aliphatic carbocycles. The fourth-order valence-electron chi connectivity index (χ4n) is 6.28. The number of imide groups is 2. The number of aromatic nitrogens is 2. The van der Waals surface area contributed by atoms with Crippen molar-refractivity contribution in [1.29, 1.82) is 0 Å². The first-order chi connectivity index (χ1) is 17.8. The van der Waals surface area contributed by atoms with E-state index in [0.717, 1.165) is 0 Å². The van der Waals surface area contributed by atoms with E-state index >= 15 is 4.39 Å². The van der Waals surface area contributed by atoms with Crippen molar-refractivity contribution in [2.75, 3.05) is 42.6 Å². The lowest BCUT2D eigenvalue weighted by molar-refractivity contribution is -0.153. The van der Waals surface area contributed by atoms with Crippen molar-refractivity contribution >= 4 is 29.2 Å². The predicted octanol–water partition coefficient (Wildman–Crippen LogP) is 1.01. The van der Waals surface area contributed by atoms with Gasteiger partial charge in [0.05, 0.1) is 54.7 Å². The van der Waals surface area contributed by atoms with E-state index in [4.69, 9.17) is 9.47 Å². The first-order valence-electron chi connectivity index (χ1n) is 12.3. The predicted molar refractivity (Wildman–Crippen MR) is 129 cm³/mol. The largest absolute Gasteiger partial charge is 0.378 e. The van der Waals surface area contributed by atoms with Crippen LogP contribution in [0.1, 0.15) is 19.4 Å². The zero-order chi connectivity index (χ0) is 25.9. The second-order valence-corrected chi connectivity index (χ2v) is 9.92. The van der Waals surface area contributed by atoms with Crippen LogP contribution in [0.2, 0.25) is 0 Å². The van der Waals surface area contributed by atoms with Gasteiger partial charge in [-0.25, -0.2) is 9.18 Å². The maximum absolute atomic E-state index is 16.9. The first-order valence-corrected chi connectivity index (χ1v) is 12.3. The van der Waals surface area contributed by atoms with Crippen LogP contribution in [-0.4, -0.2) is 78.9 Å². The molecule has 0 saturated carbocycles. The minimum atomic E-state index is -1.69. The molecule has 0 bridgehead atoms. The number of amides is 4. The molecule has 4 aliphatic rings. The van der Waals surface area contributed by atoms with Crippen LogP contribution < -0.4 is 20.4 Å². The number of nitrogens with one attached hydrogen (secondary N) is 2. The van der Waals surface area contributed by atoms with Crippen LogP contribution in [0.15, 0.2) is 24.7 Å². The van der Waals surface area contributed by atoms with Crippen molar-refractivity contribution < 1.29 is 28.2 Å². The molecule has 5 heterocycles. The maximum Gasteiger partial charge on any atom is 0.328 e. The minimum absolute atomic E-state index is 0.107. The van der Waals surface area contributed by atoms with Crippen LogP contribution in [0, 0.1) is 11.2 Å². The Morgan fingerprint density at radius 3 is 2.49 bits per heavy atom. The van der Waals surface area contributed by atoms with E-state index in [9.17, 15) is 14.4 Å². The number of nitrogens with zero attached hydrogens (tertiary/aromatic N) is 4. The molecular formula is C25H27FN6O5. The number of rotatable bonds is 2. The SMILES string of the molecule is CC1CN2c3c(cc(-c4cnccn4)c(N4CCOCC4)c3F)CC3(C(=O)NC(=O)NC3=O)C2C(C)O1. The quantitative estimate of drug-likeness (QED) is 0.570. The second kappa shape index (κ2) is 8.73. The molecule has 11 nitrogen and oxygen atoms in total. The van der Waals surface area contributed by atoms with E-state index in [1.165, 1.54) is 12.4 Å². The monoisotopic (exact) mass is 510 g/mol. The number of hydrogen-bond acceptors (Lipinski definition) is 9. The van der Waals surface area contributed by atoms with Crippen molar-refractivity contribution in [2.24, 2.45) is 5.41 Å². The van der Waals surface area contributed by atoms with Gasteiger partial charge in [-0.15, -0.1) is 0 Å². The third-order valence-electron chi connectivity index (χ3n) is 7.67. The normalized spacial score (nSPS) is 26.9. The molecule has 3 atom stereocenters. The number of benzene rings is 1. The van der Waals surface area contributed by atoms with Crippen molar-refractivity contribution in [3.8, 4) is 11.3 Å². The molecule has 1 aromatic carbocycles. The number of fused-ring (bicyclic) bond motifs is 4. The number of ether oxygens (including phenoxy) is 2. The molecule has 3 unspecified atom stereocenters. The summed E-state index contributed by atoms with van der Waals surface area (Å²) in [6, 6.07) is 0.107. The molecule has 4 aliphatic heterocycles. The summed E-state index contributed by atoms with van der Waals surface area (Å²) >= 11 is 0. The lowest BCUT2D eigenvalue weighted by Gasteiger charge is -2.55. The molecule has 2 aromatic rings. The number of halogens is 1. The molecule has 37 heavy (non-hydrogen) atoms. The molecule has 12 heteroatoms. The highest BCUT2D eigenvalue weighted by Crippen LogP contribution is 2.51. The first kappa shape index (κ1) is 23.7. The maximum atomic E-state index is 16.9. The summed E-state index contributed by atoms with van der Waals surface area (Å²) in [5, 5.41) is 4.52. The van der Waals surface area contributed by atoms with E-state index in [2.05, 4.69) is 20.6 Å². The topological polar surface area (TPSA) is 126 Å². The van der Waals surface area contributed by atoms with Gasteiger partial charge < -0.3 is 19.3 Å². The van der Waals surface area contributed by atoms with Crippen molar-refractivity contribution in [3.63, 3.8) is 0 Å². The van der Waals surface area contributed by atoms with Crippen LogP contribution in [0.5, 0.6) is 0 Å². The lowest BCUT2D eigenvalue weighted by Crippen LogP contribution is -2.75. The summed E-state index contributed by atoms with van der Waals surface area (Å²) < 4.78 is 28.4. The van der Waals surface area contributed by atoms with Gasteiger partial charge in [0.1, 0.15) is 0 Å². The molecule has 194 valence electrons. The Kier molecular flexibility index (Phi) is 5.60. The highest BCUT2D eigenvalue weighted by molar-refractivity contribution is 6.20. The van der Waals surface area contributed by atoms with Gasteiger partial charge in [0.25, 0.3) is 0 Å². The van der Waals surface area contributed by atoms with Crippen LogP contribution in [-0.2, 0) is 25.5 Å². The Bertz CT molecular complexity index is 1260. The summed E-state index contributed by atoms with van der Waals surface area (Å²) in [6.45, 7) is 5.82. The molecule has 1 spiro atoms. The number of carbonyl (C=O) groups excluding carboxylic acids is 3. The number of urea groups is 1. The fourth-order valence-corrected chi connectivity index (χ4v) is 6.28. The van der Waals surface area contributed by atoms with E-state index in [0.29, 0.717) is 54.5 Å². The molecule has 0 radical (unpaired) electrons. The average Bonchev–Trinajstić information content (AvgIpc) is 2.87. The molecule has 1 aromatic heterocycles. The van der Waals surface area contributed by atoms with Crippen LogP contribution >= 0.6 is 0 Å². The van der Waals surface area contributed by atoms with Crippen molar-refractivity contribution in [2.45, 2.75) is 38.5 Å². The third-order valence-corrected chi connectivity index (χ3v) is 7.67. The third kappa shape index (κ3) is 3.57. The Morgan fingerprint density at radius 1 is 1.08 bits per heavy atom. The Morgan fingerprint density at radius 2 is 1.81 bits per heavy atom. The van der Waals surface area contributed by atoms with Crippen LogP contribution in [0.25, 0.3) is 11.3 Å². The van der Waals surface area contributed by atoms with E-state index < -0.39 is 41.2 Å². The number of carbonyl (C=O) groups is 3. The Balaban J connectivity index is 1.60. The number of anilines is 2. The number of morpholine rings is 2. The highest BCUT2D eigenvalue weighted by Gasteiger charge is 2.63. The zero-order valence-electron chi connectivity index (χ0n) is 20.5. The van der Waals surface area contributed by atoms with Gasteiger partial charge in [-0.3, -0.25) is 30.2 Å². The smallest absolute Gasteiger partial charge is 0.328 e. The molecule has 3 saturated heterocycles. The summed E-state index contributed by atoms with van der Waals surface area (Å²) in [4.78, 5) is 51.1. The van der Waals surface area contributed by atoms with E-state index in [1.54, 1.807) is 24.1 Å². The van der Waals surface area contributed by atoms with E-state index in [1.807, 2.05) is 11.8 Å². The summed E-state index contributed by atoms with van der Waals surface area (Å²) in [5.74, 6) is -1.88. The minimum Gasteiger partial charge on any atom is -0.378 e. The Hall–Kier alpha value is -3.64. The van der Waals surface area contributed by atoms with Gasteiger partial charge >= 0.3 is 6.03 Å². The van der Waals surface area contributed by atoms with E-state index in [-0.39, 0.29) is 19.1 Å². The van der Waals surface area contributed by atoms with Crippen LogP contribution in [0.4, 0.5) is 20.6 Å². The number of barbiturate groups is 1. The van der Waals surface area contributed by atoms with Gasteiger partial charge in [-0.2, -0.15) is 0 Å². The molecule has 4 amide bonds.